The fraction of sp³-hybridized carbons (Fsp3) is 0.333. The largest absolute Gasteiger partial charge is 0.492 e. The number of benzene rings is 1. The maximum Gasteiger partial charge on any atom is 0.255 e. The lowest BCUT2D eigenvalue weighted by Crippen LogP contribution is -2.47. The fourth-order valence-corrected chi connectivity index (χ4v) is 1.82. The molecule has 0 radical (unpaired) electrons. The van der Waals surface area contributed by atoms with E-state index < -0.39 is 0 Å². The number of ether oxygens (including phenoxy) is 2. The minimum Gasteiger partial charge on any atom is -0.492 e. The maximum absolute atomic E-state index is 11.4. The highest BCUT2D eigenvalue weighted by atomic mass is 79.9. The van der Waals surface area contributed by atoms with Crippen molar-refractivity contribution in [3.05, 3.63) is 28.7 Å². The van der Waals surface area contributed by atoms with E-state index in [-0.39, 0.29) is 38.2 Å². The first kappa shape index (κ1) is 13.0. The van der Waals surface area contributed by atoms with Crippen molar-refractivity contribution in [2.24, 2.45) is 0 Å². The van der Waals surface area contributed by atoms with Crippen LogP contribution in [0.3, 0.4) is 0 Å². The van der Waals surface area contributed by atoms with E-state index in [9.17, 15) is 9.59 Å². The lowest BCUT2D eigenvalue weighted by molar-refractivity contribution is -0.158. The van der Waals surface area contributed by atoms with Crippen LogP contribution >= 0.6 is 15.9 Å². The number of morpholine rings is 1. The molecular weight excluding hydrogens is 302 g/mol. The molecule has 1 aliphatic rings. The highest BCUT2D eigenvalue weighted by Crippen LogP contribution is 2.16. The third-order valence-corrected chi connectivity index (χ3v) is 2.98. The van der Waals surface area contributed by atoms with Gasteiger partial charge in [-0.15, -0.1) is 0 Å². The van der Waals surface area contributed by atoms with E-state index in [4.69, 9.17) is 9.47 Å². The highest BCUT2D eigenvalue weighted by molar-refractivity contribution is 9.10. The van der Waals surface area contributed by atoms with E-state index in [1.807, 2.05) is 24.3 Å². The molecule has 5 nitrogen and oxygen atoms in total. The second-order valence-electron chi connectivity index (χ2n) is 3.73. The van der Waals surface area contributed by atoms with Crippen molar-refractivity contribution in [2.75, 3.05) is 26.4 Å². The molecular formula is C12H12BrNO4. The predicted molar refractivity (Wildman–Crippen MR) is 67.2 cm³/mol. The van der Waals surface area contributed by atoms with Gasteiger partial charge in [0.25, 0.3) is 11.8 Å². The summed E-state index contributed by atoms with van der Waals surface area (Å²) in [6.07, 6.45) is 0. The minimum atomic E-state index is -0.314. The quantitative estimate of drug-likeness (QED) is 0.784. The van der Waals surface area contributed by atoms with Crippen molar-refractivity contribution < 1.29 is 19.1 Å². The Hall–Kier alpha value is -1.40. The molecule has 2 rings (SSSR count). The molecule has 0 N–H and O–H groups in total. The monoisotopic (exact) mass is 313 g/mol. The number of carbonyl (C=O) groups is 2. The molecule has 0 atom stereocenters. The van der Waals surface area contributed by atoms with Crippen LogP contribution < -0.4 is 4.74 Å². The Balaban J connectivity index is 1.82. The lowest BCUT2D eigenvalue weighted by Gasteiger charge is -2.24. The summed E-state index contributed by atoms with van der Waals surface area (Å²) in [6.45, 7) is 0.449. The highest BCUT2D eigenvalue weighted by Gasteiger charge is 2.26. The number of hydrogen-bond acceptors (Lipinski definition) is 4. The Morgan fingerprint density at radius 2 is 1.78 bits per heavy atom. The molecule has 96 valence electrons. The number of hydrogen-bond donors (Lipinski definition) is 0. The molecule has 0 aromatic heterocycles. The molecule has 2 amide bonds. The molecule has 18 heavy (non-hydrogen) atoms. The van der Waals surface area contributed by atoms with Crippen molar-refractivity contribution in [1.29, 1.82) is 0 Å². The van der Waals surface area contributed by atoms with Gasteiger partial charge >= 0.3 is 0 Å². The smallest absolute Gasteiger partial charge is 0.255 e. The number of amides is 2. The minimum absolute atomic E-state index is 0.0377. The molecule has 1 fully saturated rings. The Morgan fingerprint density at radius 1 is 1.17 bits per heavy atom. The summed E-state index contributed by atoms with van der Waals surface area (Å²) in [5, 5.41) is 0. The molecule has 1 aromatic rings. The fourth-order valence-electron chi connectivity index (χ4n) is 1.56. The van der Waals surface area contributed by atoms with Gasteiger partial charge in [0.05, 0.1) is 6.54 Å². The predicted octanol–water partition coefficient (Wildman–Crippen LogP) is 1.21. The van der Waals surface area contributed by atoms with Gasteiger partial charge in [-0.3, -0.25) is 14.5 Å². The zero-order valence-electron chi connectivity index (χ0n) is 9.60. The summed E-state index contributed by atoms with van der Waals surface area (Å²) in [4.78, 5) is 24.0. The van der Waals surface area contributed by atoms with E-state index >= 15 is 0 Å². The molecule has 1 heterocycles. The van der Waals surface area contributed by atoms with Gasteiger partial charge in [-0.05, 0) is 24.3 Å². The average molecular weight is 314 g/mol. The van der Waals surface area contributed by atoms with Crippen molar-refractivity contribution in [3.8, 4) is 5.75 Å². The molecule has 1 aliphatic heterocycles. The van der Waals surface area contributed by atoms with Crippen LogP contribution in [0, 0.1) is 0 Å². The van der Waals surface area contributed by atoms with Gasteiger partial charge < -0.3 is 9.47 Å². The van der Waals surface area contributed by atoms with E-state index in [1.165, 1.54) is 4.90 Å². The van der Waals surface area contributed by atoms with Gasteiger partial charge in [-0.25, -0.2) is 0 Å². The zero-order chi connectivity index (χ0) is 13.0. The summed E-state index contributed by atoms with van der Waals surface area (Å²) in [5.41, 5.74) is 0. The first-order valence-corrected chi connectivity index (χ1v) is 6.25. The Labute approximate surface area is 113 Å². The molecule has 1 aromatic carbocycles. The standard InChI is InChI=1S/C12H12BrNO4/c13-9-1-3-10(4-2-9)18-6-5-14-11(15)7-17-8-12(14)16/h1-4H,5-8H2. The second kappa shape index (κ2) is 5.97. The van der Waals surface area contributed by atoms with Crippen LogP contribution in [0.25, 0.3) is 0 Å². The van der Waals surface area contributed by atoms with Crippen LogP contribution in [0.4, 0.5) is 0 Å². The number of halogens is 1. The van der Waals surface area contributed by atoms with Gasteiger partial charge in [0, 0.05) is 4.47 Å². The van der Waals surface area contributed by atoms with Gasteiger partial charge in [0.2, 0.25) is 0 Å². The first-order valence-electron chi connectivity index (χ1n) is 5.46. The number of rotatable bonds is 4. The number of nitrogens with zero attached hydrogens (tertiary/aromatic N) is 1. The number of imide groups is 1. The zero-order valence-corrected chi connectivity index (χ0v) is 11.2. The molecule has 1 saturated heterocycles. The summed E-state index contributed by atoms with van der Waals surface area (Å²) >= 11 is 3.32. The molecule has 0 spiro atoms. The normalized spacial score (nSPS) is 15.9. The third-order valence-electron chi connectivity index (χ3n) is 2.45. The van der Waals surface area contributed by atoms with Crippen LogP contribution in [0.2, 0.25) is 0 Å². The van der Waals surface area contributed by atoms with Crippen molar-refractivity contribution in [2.45, 2.75) is 0 Å². The molecule has 0 saturated carbocycles. The van der Waals surface area contributed by atoms with Crippen molar-refractivity contribution >= 4 is 27.7 Å². The Morgan fingerprint density at radius 3 is 2.39 bits per heavy atom. The SMILES string of the molecule is O=C1COCC(=O)N1CCOc1ccc(Br)cc1. The van der Waals surface area contributed by atoms with Crippen molar-refractivity contribution in [3.63, 3.8) is 0 Å². The summed E-state index contributed by atoms with van der Waals surface area (Å²) in [5.74, 6) is 0.0719. The molecule has 0 bridgehead atoms. The van der Waals surface area contributed by atoms with Gasteiger partial charge in [-0.2, -0.15) is 0 Å². The van der Waals surface area contributed by atoms with Crippen LogP contribution in [0.5, 0.6) is 5.75 Å². The summed E-state index contributed by atoms with van der Waals surface area (Å²) in [6, 6.07) is 7.35. The maximum atomic E-state index is 11.4. The van der Waals surface area contributed by atoms with Gasteiger partial charge in [-0.1, -0.05) is 15.9 Å². The van der Waals surface area contributed by atoms with Crippen LogP contribution in [0.1, 0.15) is 0 Å². The van der Waals surface area contributed by atoms with E-state index in [0.717, 1.165) is 4.47 Å². The Kier molecular flexibility index (Phi) is 4.33. The average Bonchev–Trinajstić information content (AvgIpc) is 2.35. The third kappa shape index (κ3) is 3.30. The summed E-state index contributed by atoms with van der Waals surface area (Å²) in [7, 11) is 0. The molecule has 0 unspecified atom stereocenters. The second-order valence-corrected chi connectivity index (χ2v) is 4.65. The summed E-state index contributed by atoms with van der Waals surface area (Å²) < 4.78 is 11.2. The number of carbonyl (C=O) groups excluding carboxylic acids is 2. The first-order chi connectivity index (χ1) is 8.66. The van der Waals surface area contributed by atoms with Crippen LogP contribution in [-0.4, -0.2) is 43.1 Å². The van der Waals surface area contributed by atoms with E-state index in [0.29, 0.717) is 5.75 Å². The van der Waals surface area contributed by atoms with E-state index in [2.05, 4.69) is 15.9 Å². The topological polar surface area (TPSA) is 55.8 Å². The molecule has 0 aliphatic carbocycles. The Bertz CT molecular complexity index is 430. The van der Waals surface area contributed by atoms with Crippen LogP contribution in [0.15, 0.2) is 28.7 Å². The van der Waals surface area contributed by atoms with Gasteiger partial charge in [0.15, 0.2) is 0 Å². The van der Waals surface area contributed by atoms with Crippen molar-refractivity contribution in [1.82, 2.24) is 4.90 Å². The lowest BCUT2D eigenvalue weighted by atomic mass is 10.3. The molecule has 6 heteroatoms. The van der Waals surface area contributed by atoms with Crippen LogP contribution in [-0.2, 0) is 14.3 Å². The van der Waals surface area contributed by atoms with E-state index in [1.54, 1.807) is 0 Å². The van der Waals surface area contributed by atoms with Gasteiger partial charge in [0.1, 0.15) is 25.6 Å².